The van der Waals surface area contributed by atoms with Gasteiger partial charge < -0.3 is 15.5 Å². The van der Waals surface area contributed by atoms with Gasteiger partial charge in [0.15, 0.2) is 5.75 Å². The lowest BCUT2D eigenvalue weighted by Crippen LogP contribution is -2.16. The van der Waals surface area contributed by atoms with Gasteiger partial charge in [-0.25, -0.2) is 5.43 Å². The minimum absolute atomic E-state index is 0.0231. The molecule has 0 aliphatic carbocycles. The van der Waals surface area contributed by atoms with Crippen LogP contribution in [0.15, 0.2) is 47.6 Å². The number of hydrogen-bond donors (Lipinski definition) is 4. The molecule has 0 saturated heterocycles. The molecule has 4 N–H and O–H groups in total. The van der Waals surface area contributed by atoms with Crippen molar-refractivity contribution in [2.24, 2.45) is 5.10 Å². The van der Waals surface area contributed by atoms with Crippen LogP contribution in [0.5, 0.6) is 11.5 Å². The lowest BCUT2D eigenvalue weighted by Gasteiger charge is -2.06. The molecule has 0 bridgehead atoms. The van der Waals surface area contributed by atoms with Gasteiger partial charge in [-0.05, 0) is 42.7 Å². The first-order valence-electron chi connectivity index (χ1n) is 9.74. The summed E-state index contributed by atoms with van der Waals surface area (Å²) in [6.45, 7) is 0. The molecule has 0 aliphatic rings. The molecular formula is C21H24N4O6. The molecule has 0 aromatic heterocycles. The summed E-state index contributed by atoms with van der Waals surface area (Å²) in [4.78, 5) is 33.6. The Morgan fingerprint density at radius 3 is 2.29 bits per heavy atom. The number of nitro groups is 1. The highest BCUT2D eigenvalue weighted by Crippen LogP contribution is 2.25. The highest BCUT2D eigenvalue weighted by molar-refractivity contribution is 5.92. The van der Waals surface area contributed by atoms with Crippen LogP contribution < -0.4 is 10.7 Å². The molecule has 164 valence electrons. The van der Waals surface area contributed by atoms with Gasteiger partial charge in [0.1, 0.15) is 5.75 Å². The predicted molar refractivity (Wildman–Crippen MR) is 115 cm³/mol. The summed E-state index contributed by atoms with van der Waals surface area (Å²) < 4.78 is 0. The fourth-order valence-electron chi connectivity index (χ4n) is 2.73. The number of para-hydroxylation sites is 2. The summed E-state index contributed by atoms with van der Waals surface area (Å²) in [7, 11) is 0. The topological polar surface area (TPSA) is 154 Å². The number of nitro benzene ring substituents is 1. The summed E-state index contributed by atoms with van der Waals surface area (Å²) >= 11 is 0. The Kier molecular flexibility index (Phi) is 8.96. The number of amides is 2. The summed E-state index contributed by atoms with van der Waals surface area (Å²) in [5.74, 6) is -0.907. The number of nitrogens with zero attached hydrogens (tertiary/aromatic N) is 2. The molecule has 31 heavy (non-hydrogen) atoms. The monoisotopic (exact) mass is 428 g/mol. The minimum Gasteiger partial charge on any atom is -0.506 e. The van der Waals surface area contributed by atoms with E-state index in [1.807, 2.05) is 0 Å². The van der Waals surface area contributed by atoms with E-state index in [4.69, 9.17) is 0 Å². The third-order valence-electron chi connectivity index (χ3n) is 4.33. The van der Waals surface area contributed by atoms with Crippen molar-refractivity contribution in [3.8, 4) is 11.5 Å². The first kappa shape index (κ1) is 23.3. The predicted octanol–water partition coefficient (Wildman–Crippen LogP) is 3.44. The molecular weight excluding hydrogens is 404 g/mol. The molecule has 2 aromatic carbocycles. The Bertz CT molecular complexity index is 961. The number of hydrogen-bond acceptors (Lipinski definition) is 7. The van der Waals surface area contributed by atoms with Crippen molar-refractivity contribution in [2.45, 2.75) is 38.5 Å². The van der Waals surface area contributed by atoms with Gasteiger partial charge in [-0.15, -0.1) is 0 Å². The van der Waals surface area contributed by atoms with Crippen molar-refractivity contribution in [2.75, 3.05) is 5.32 Å². The van der Waals surface area contributed by atoms with E-state index in [0.29, 0.717) is 30.5 Å². The smallest absolute Gasteiger partial charge is 0.310 e. The third kappa shape index (κ3) is 8.13. The zero-order valence-corrected chi connectivity index (χ0v) is 16.8. The number of phenols is 2. The van der Waals surface area contributed by atoms with E-state index in [1.165, 1.54) is 24.4 Å². The van der Waals surface area contributed by atoms with Crippen LogP contribution in [0.4, 0.5) is 11.4 Å². The second kappa shape index (κ2) is 11.9. The third-order valence-corrected chi connectivity index (χ3v) is 4.33. The Hall–Kier alpha value is -3.95. The minimum atomic E-state index is -0.696. The Morgan fingerprint density at radius 1 is 0.968 bits per heavy atom. The summed E-state index contributed by atoms with van der Waals surface area (Å²) in [6.07, 6.45) is 4.75. The van der Waals surface area contributed by atoms with Crippen LogP contribution in [0.1, 0.15) is 44.1 Å². The molecule has 10 heteroatoms. The lowest BCUT2D eigenvalue weighted by atomic mass is 10.1. The zero-order valence-electron chi connectivity index (χ0n) is 16.8. The highest BCUT2D eigenvalue weighted by atomic mass is 16.6. The maximum Gasteiger partial charge on any atom is 0.310 e. The fourth-order valence-corrected chi connectivity index (χ4v) is 2.73. The van der Waals surface area contributed by atoms with Crippen LogP contribution in [0.3, 0.4) is 0 Å². The van der Waals surface area contributed by atoms with Crippen LogP contribution in [0.2, 0.25) is 0 Å². The van der Waals surface area contributed by atoms with Crippen LogP contribution >= 0.6 is 0 Å². The maximum absolute atomic E-state index is 11.9. The number of phenolic OH excluding ortho intramolecular Hbond substituents is 2. The van der Waals surface area contributed by atoms with Crippen molar-refractivity contribution in [3.05, 3.63) is 58.1 Å². The normalized spacial score (nSPS) is 10.7. The molecule has 0 atom stereocenters. The molecule has 0 spiro atoms. The van der Waals surface area contributed by atoms with E-state index < -0.39 is 16.4 Å². The molecule has 0 fully saturated rings. The van der Waals surface area contributed by atoms with Crippen LogP contribution in [-0.2, 0) is 9.59 Å². The van der Waals surface area contributed by atoms with Gasteiger partial charge in [0.25, 0.3) is 0 Å². The number of benzene rings is 2. The lowest BCUT2D eigenvalue weighted by molar-refractivity contribution is -0.385. The number of rotatable bonds is 11. The molecule has 0 heterocycles. The van der Waals surface area contributed by atoms with Crippen LogP contribution in [-0.4, -0.2) is 33.2 Å². The van der Waals surface area contributed by atoms with E-state index in [2.05, 4.69) is 15.8 Å². The van der Waals surface area contributed by atoms with E-state index in [1.54, 1.807) is 18.2 Å². The van der Waals surface area contributed by atoms with E-state index in [-0.39, 0.29) is 24.0 Å². The molecule has 10 nitrogen and oxygen atoms in total. The standard InChI is InChI=1S/C21H24N4O6/c26-18-8-6-5-7-16(18)23-20(28)9-3-1-2-4-10-21(29)24-22-14-15-11-12-17(25(30)31)19(27)13-15/h5-8,11-14,26-27H,1-4,9-10H2,(H,23,28)(H,24,29)/b22-14+. The van der Waals surface area contributed by atoms with E-state index >= 15 is 0 Å². The average Bonchev–Trinajstić information content (AvgIpc) is 2.72. The van der Waals surface area contributed by atoms with Crippen molar-refractivity contribution in [1.82, 2.24) is 5.43 Å². The molecule has 0 unspecified atom stereocenters. The number of anilines is 1. The van der Waals surface area contributed by atoms with Gasteiger partial charge in [0, 0.05) is 18.9 Å². The second-order valence-corrected chi connectivity index (χ2v) is 6.78. The summed E-state index contributed by atoms with van der Waals surface area (Å²) in [5.41, 5.74) is 2.74. The first-order valence-corrected chi connectivity index (χ1v) is 9.74. The van der Waals surface area contributed by atoms with Crippen molar-refractivity contribution in [1.29, 1.82) is 0 Å². The van der Waals surface area contributed by atoms with Crippen molar-refractivity contribution in [3.63, 3.8) is 0 Å². The van der Waals surface area contributed by atoms with Gasteiger partial charge in [-0.1, -0.05) is 25.0 Å². The van der Waals surface area contributed by atoms with Gasteiger partial charge in [0.2, 0.25) is 11.8 Å². The number of carbonyl (C=O) groups is 2. The molecule has 2 aromatic rings. The molecule has 2 rings (SSSR count). The number of unbranched alkanes of at least 4 members (excludes halogenated alkanes) is 3. The average molecular weight is 428 g/mol. The van der Waals surface area contributed by atoms with Crippen molar-refractivity contribution >= 4 is 29.4 Å². The summed E-state index contributed by atoms with van der Waals surface area (Å²) in [6, 6.07) is 10.3. The molecule has 0 aliphatic heterocycles. The van der Waals surface area contributed by atoms with Gasteiger partial charge >= 0.3 is 5.69 Å². The maximum atomic E-state index is 11.9. The SMILES string of the molecule is O=C(CCCCCCC(=O)Nc1ccccc1O)N/N=C/c1ccc([N+](=O)[O-])c(O)c1. The van der Waals surface area contributed by atoms with Gasteiger partial charge in [0.05, 0.1) is 16.8 Å². The van der Waals surface area contributed by atoms with Crippen LogP contribution in [0.25, 0.3) is 0 Å². The first-order chi connectivity index (χ1) is 14.9. The van der Waals surface area contributed by atoms with Crippen LogP contribution in [0, 0.1) is 10.1 Å². The molecule has 0 saturated carbocycles. The Morgan fingerprint density at radius 2 is 1.65 bits per heavy atom. The van der Waals surface area contributed by atoms with E-state index in [9.17, 15) is 29.9 Å². The fraction of sp³-hybridized carbons (Fsp3) is 0.286. The second-order valence-electron chi connectivity index (χ2n) is 6.78. The van der Waals surface area contributed by atoms with Gasteiger partial charge in [-0.3, -0.25) is 19.7 Å². The summed E-state index contributed by atoms with van der Waals surface area (Å²) in [5, 5.41) is 36.2. The molecule has 2 amide bonds. The highest BCUT2D eigenvalue weighted by Gasteiger charge is 2.12. The van der Waals surface area contributed by atoms with Crippen molar-refractivity contribution < 1.29 is 24.7 Å². The van der Waals surface area contributed by atoms with Gasteiger partial charge in [-0.2, -0.15) is 5.10 Å². The number of nitrogens with one attached hydrogen (secondary N) is 2. The number of carbonyl (C=O) groups excluding carboxylic acids is 2. The Balaban J connectivity index is 1.58. The zero-order chi connectivity index (χ0) is 22.6. The quantitative estimate of drug-likeness (QED) is 0.141. The molecule has 0 radical (unpaired) electrons. The number of aromatic hydroxyl groups is 2. The largest absolute Gasteiger partial charge is 0.506 e. The Labute approximate surface area is 178 Å². The number of hydrazone groups is 1. The van der Waals surface area contributed by atoms with E-state index in [0.717, 1.165) is 18.9 Å².